The van der Waals surface area contributed by atoms with Crippen LogP contribution >= 0.6 is 0 Å². The van der Waals surface area contributed by atoms with Crippen molar-refractivity contribution in [3.05, 3.63) is 59.2 Å². The van der Waals surface area contributed by atoms with Gasteiger partial charge < -0.3 is 19.7 Å². The molecule has 5 heteroatoms. The van der Waals surface area contributed by atoms with E-state index < -0.39 is 12.1 Å². The quantitative estimate of drug-likeness (QED) is 0.902. The molecule has 108 valence electrons. The minimum atomic E-state index is -0.947. The SMILES string of the molecule is O=C(O)c1ccc(COc2ccc3c(c2)OCC3O)cc1. The highest BCUT2D eigenvalue weighted by molar-refractivity contribution is 5.87. The van der Waals surface area contributed by atoms with E-state index in [1.807, 2.05) is 0 Å². The molecule has 2 aromatic rings. The molecule has 0 fully saturated rings. The maximum Gasteiger partial charge on any atom is 0.335 e. The lowest BCUT2D eigenvalue weighted by Gasteiger charge is -2.08. The van der Waals surface area contributed by atoms with Crippen molar-refractivity contribution in [2.24, 2.45) is 0 Å². The molecule has 0 saturated heterocycles. The van der Waals surface area contributed by atoms with Crippen LogP contribution in [-0.2, 0) is 6.61 Å². The van der Waals surface area contributed by atoms with Crippen LogP contribution < -0.4 is 9.47 Å². The molecule has 0 amide bonds. The Hall–Kier alpha value is -2.53. The Labute approximate surface area is 121 Å². The molecule has 1 heterocycles. The fourth-order valence-electron chi connectivity index (χ4n) is 2.17. The largest absolute Gasteiger partial charge is 0.490 e. The summed E-state index contributed by atoms with van der Waals surface area (Å²) in [5, 5.41) is 18.5. The van der Waals surface area contributed by atoms with Gasteiger partial charge in [0.05, 0.1) is 5.56 Å². The standard InChI is InChI=1S/C16H14O5/c17-14-9-21-15-7-12(5-6-13(14)15)20-8-10-1-3-11(4-2-10)16(18)19/h1-7,14,17H,8-9H2,(H,18,19). The van der Waals surface area contributed by atoms with Gasteiger partial charge in [0, 0.05) is 11.6 Å². The van der Waals surface area contributed by atoms with Gasteiger partial charge in [0.1, 0.15) is 30.8 Å². The third kappa shape index (κ3) is 2.83. The van der Waals surface area contributed by atoms with Crippen LogP contribution in [0.3, 0.4) is 0 Å². The number of hydrogen-bond acceptors (Lipinski definition) is 4. The Morgan fingerprint density at radius 3 is 2.71 bits per heavy atom. The molecular weight excluding hydrogens is 272 g/mol. The first-order valence-electron chi connectivity index (χ1n) is 6.53. The van der Waals surface area contributed by atoms with Gasteiger partial charge in [0.25, 0.3) is 0 Å². The zero-order valence-electron chi connectivity index (χ0n) is 11.2. The first-order chi connectivity index (χ1) is 10.1. The van der Waals surface area contributed by atoms with E-state index in [9.17, 15) is 9.90 Å². The molecule has 5 nitrogen and oxygen atoms in total. The molecule has 0 aromatic heterocycles. The Balaban J connectivity index is 1.66. The molecule has 1 unspecified atom stereocenters. The number of hydrogen-bond donors (Lipinski definition) is 2. The van der Waals surface area contributed by atoms with Gasteiger partial charge in [-0.25, -0.2) is 4.79 Å². The second-order valence-electron chi connectivity index (χ2n) is 4.82. The van der Waals surface area contributed by atoms with Crippen LogP contribution in [0, 0.1) is 0 Å². The number of carbonyl (C=O) groups is 1. The molecule has 1 atom stereocenters. The zero-order chi connectivity index (χ0) is 14.8. The van der Waals surface area contributed by atoms with E-state index in [-0.39, 0.29) is 12.2 Å². The Kier molecular flexibility index (Phi) is 3.50. The number of fused-ring (bicyclic) bond motifs is 1. The fraction of sp³-hybridized carbons (Fsp3) is 0.188. The summed E-state index contributed by atoms with van der Waals surface area (Å²) in [5.74, 6) is 0.336. The summed E-state index contributed by atoms with van der Waals surface area (Å²) >= 11 is 0. The smallest absolute Gasteiger partial charge is 0.335 e. The molecule has 1 aliphatic heterocycles. The van der Waals surface area contributed by atoms with Crippen molar-refractivity contribution >= 4 is 5.97 Å². The highest BCUT2D eigenvalue weighted by Gasteiger charge is 2.21. The molecule has 0 saturated carbocycles. The van der Waals surface area contributed by atoms with E-state index in [4.69, 9.17) is 14.6 Å². The van der Waals surface area contributed by atoms with Crippen molar-refractivity contribution < 1.29 is 24.5 Å². The number of ether oxygens (including phenoxy) is 2. The summed E-state index contributed by atoms with van der Waals surface area (Å²) in [4.78, 5) is 10.8. The summed E-state index contributed by atoms with van der Waals surface area (Å²) in [6.07, 6.45) is -0.572. The average Bonchev–Trinajstić information content (AvgIpc) is 2.86. The maximum absolute atomic E-state index is 10.8. The van der Waals surface area contributed by atoms with Gasteiger partial charge >= 0.3 is 5.97 Å². The van der Waals surface area contributed by atoms with Crippen molar-refractivity contribution in [1.82, 2.24) is 0 Å². The predicted octanol–water partition coefficient (Wildman–Crippen LogP) is 2.39. The number of rotatable bonds is 4. The minimum absolute atomic E-state index is 0.249. The molecule has 3 rings (SSSR count). The molecule has 2 N–H and O–H groups in total. The highest BCUT2D eigenvalue weighted by atomic mass is 16.5. The summed E-state index contributed by atoms with van der Waals surface area (Å²) < 4.78 is 11.0. The minimum Gasteiger partial charge on any atom is -0.490 e. The van der Waals surface area contributed by atoms with Crippen molar-refractivity contribution in [2.45, 2.75) is 12.7 Å². The van der Waals surface area contributed by atoms with E-state index in [2.05, 4.69) is 0 Å². The number of carboxylic acid groups (broad SMARTS) is 1. The van der Waals surface area contributed by atoms with Gasteiger partial charge in [-0.2, -0.15) is 0 Å². The topological polar surface area (TPSA) is 76.0 Å². The van der Waals surface area contributed by atoms with Gasteiger partial charge in [0.15, 0.2) is 0 Å². The van der Waals surface area contributed by atoms with Crippen LogP contribution in [0.15, 0.2) is 42.5 Å². The molecule has 2 aromatic carbocycles. The first-order valence-corrected chi connectivity index (χ1v) is 6.53. The van der Waals surface area contributed by atoms with E-state index in [0.717, 1.165) is 11.1 Å². The third-order valence-corrected chi connectivity index (χ3v) is 3.35. The number of aliphatic hydroxyl groups is 1. The fourth-order valence-corrected chi connectivity index (χ4v) is 2.17. The van der Waals surface area contributed by atoms with Crippen LogP contribution in [0.25, 0.3) is 0 Å². The number of benzene rings is 2. The van der Waals surface area contributed by atoms with E-state index in [1.54, 1.807) is 42.5 Å². The second-order valence-corrected chi connectivity index (χ2v) is 4.82. The molecule has 0 bridgehead atoms. The van der Waals surface area contributed by atoms with Gasteiger partial charge in [-0.1, -0.05) is 12.1 Å². The lowest BCUT2D eigenvalue weighted by Crippen LogP contribution is -1.99. The Morgan fingerprint density at radius 2 is 2.00 bits per heavy atom. The lowest BCUT2D eigenvalue weighted by atomic mass is 10.1. The summed E-state index contributed by atoms with van der Waals surface area (Å²) in [6.45, 7) is 0.608. The van der Waals surface area contributed by atoms with E-state index in [1.165, 1.54) is 0 Å². The molecule has 1 aliphatic rings. The summed E-state index contributed by atoms with van der Waals surface area (Å²) in [5.41, 5.74) is 1.90. The zero-order valence-corrected chi connectivity index (χ0v) is 11.2. The van der Waals surface area contributed by atoms with Gasteiger partial charge in [-0.15, -0.1) is 0 Å². The van der Waals surface area contributed by atoms with Crippen molar-refractivity contribution in [3.63, 3.8) is 0 Å². The summed E-state index contributed by atoms with van der Waals surface area (Å²) in [7, 11) is 0. The second kappa shape index (κ2) is 5.46. The van der Waals surface area contributed by atoms with Gasteiger partial charge in [0.2, 0.25) is 0 Å². The van der Waals surface area contributed by atoms with Crippen LogP contribution in [0.2, 0.25) is 0 Å². The number of carboxylic acids is 1. The Morgan fingerprint density at radius 1 is 1.24 bits per heavy atom. The highest BCUT2D eigenvalue weighted by Crippen LogP contribution is 2.35. The van der Waals surface area contributed by atoms with Gasteiger partial charge in [-0.05, 0) is 29.8 Å². The predicted molar refractivity (Wildman–Crippen MR) is 74.6 cm³/mol. The lowest BCUT2D eigenvalue weighted by molar-refractivity contribution is 0.0697. The molecular formula is C16H14O5. The molecule has 0 radical (unpaired) electrons. The average molecular weight is 286 g/mol. The summed E-state index contributed by atoms with van der Waals surface area (Å²) in [6, 6.07) is 11.8. The molecule has 0 aliphatic carbocycles. The van der Waals surface area contributed by atoms with E-state index >= 15 is 0 Å². The van der Waals surface area contributed by atoms with Crippen LogP contribution in [0.4, 0.5) is 0 Å². The van der Waals surface area contributed by atoms with Crippen LogP contribution in [0.5, 0.6) is 11.5 Å². The van der Waals surface area contributed by atoms with E-state index in [0.29, 0.717) is 18.1 Å². The third-order valence-electron chi connectivity index (χ3n) is 3.35. The molecule has 21 heavy (non-hydrogen) atoms. The van der Waals surface area contributed by atoms with Gasteiger partial charge in [-0.3, -0.25) is 0 Å². The maximum atomic E-state index is 10.8. The van der Waals surface area contributed by atoms with Crippen molar-refractivity contribution in [3.8, 4) is 11.5 Å². The Bertz CT molecular complexity index is 663. The monoisotopic (exact) mass is 286 g/mol. The van der Waals surface area contributed by atoms with Crippen LogP contribution in [0.1, 0.15) is 27.6 Å². The van der Waals surface area contributed by atoms with Crippen LogP contribution in [-0.4, -0.2) is 22.8 Å². The normalized spacial score (nSPS) is 16.1. The first kappa shape index (κ1) is 13.5. The molecule has 0 spiro atoms. The van der Waals surface area contributed by atoms with Crippen molar-refractivity contribution in [1.29, 1.82) is 0 Å². The van der Waals surface area contributed by atoms with Crippen molar-refractivity contribution in [2.75, 3.05) is 6.61 Å². The number of aliphatic hydroxyl groups excluding tert-OH is 1. The number of aromatic carboxylic acids is 1.